The molecule has 0 aromatic heterocycles. The summed E-state index contributed by atoms with van der Waals surface area (Å²) in [5.74, 6) is 0.687. The average Bonchev–Trinajstić information content (AvgIpc) is 2.64. The topological polar surface area (TPSA) is 79.6 Å². The van der Waals surface area contributed by atoms with Gasteiger partial charge in [0.1, 0.15) is 0 Å². The molecule has 2 rings (SSSR count). The number of nitro groups is 1. The summed E-state index contributed by atoms with van der Waals surface area (Å²) in [6, 6.07) is 17.2. The SMILES string of the molecule is CN=C(NCc1cccc([N+](=O)[O-])c1)NC(C)CCc1ccccc1.I. The van der Waals surface area contributed by atoms with E-state index in [4.69, 9.17) is 0 Å². The van der Waals surface area contributed by atoms with Crippen molar-refractivity contribution in [3.63, 3.8) is 0 Å². The van der Waals surface area contributed by atoms with Gasteiger partial charge in [-0.3, -0.25) is 15.1 Å². The monoisotopic (exact) mass is 468 g/mol. The summed E-state index contributed by atoms with van der Waals surface area (Å²) < 4.78 is 0. The number of benzene rings is 2. The van der Waals surface area contributed by atoms with Gasteiger partial charge >= 0.3 is 0 Å². The van der Waals surface area contributed by atoms with Crippen LogP contribution in [-0.2, 0) is 13.0 Å². The lowest BCUT2D eigenvalue weighted by atomic mass is 10.1. The Kier molecular flexibility index (Phi) is 9.64. The lowest BCUT2D eigenvalue weighted by molar-refractivity contribution is -0.384. The second-order valence-electron chi connectivity index (χ2n) is 5.92. The van der Waals surface area contributed by atoms with E-state index in [0.717, 1.165) is 18.4 Å². The van der Waals surface area contributed by atoms with Gasteiger partial charge in [0, 0.05) is 31.8 Å². The molecule has 26 heavy (non-hydrogen) atoms. The zero-order valence-corrected chi connectivity index (χ0v) is 17.3. The van der Waals surface area contributed by atoms with Crippen molar-refractivity contribution in [3.8, 4) is 0 Å². The largest absolute Gasteiger partial charge is 0.354 e. The number of hydrogen-bond acceptors (Lipinski definition) is 3. The molecule has 0 aliphatic rings. The molecule has 0 amide bonds. The number of nitrogens with zero attached hydrogens (tertiary/aromatic N) is 2. The third-order valence-electron chi connectivity index (χ3n) is 3.90. The molecule has 0 saturated heterocycles. The molecular weight excluding hydrogens is 443 g/mol. The lowest BCUT2D eigenvalue weighted by Crippen LogP contribution is -2.42. The normalized spacial score (nSPS) is 12.0. The molecule has 0 radical (unpaired) electrons. The highest BCUT2D eigenvalue weighted by Gasteiger charge is 2.08. The standard InChI is InChI=1S/C19H24N4O2.HI/c1-15(11-12-16-7-4-3-5-8-16)22-19(20-2)21-14-17-9-6-10-18(13-17)23(24)25;/h3-10,13,15H,11-12,14H2,1-2H3,(H2,20,21,22);1H. The number of nitro benzene ring substituents is 1. The number of aryl methyl sites for hydroxylation is 1. The first kappa shape index (κ1) is 21.9. The quantitative estimate of drug-likeness (QED) is 0.213. The van der Waals surface area contributed by atoms with Crippen molar-refractivity contribution >= 4 is 35.6 Å². The van der Waals surface area contributed by atoms with E-state index in [-0.39, 0.29) is 40.6 Å². The van der Waals surface area contributed by atoms with Crippen LogP contribution in [0.5, 0.6) is 0 Å². The first-order valence-electron chi connectivity index (χ1n) is 8.33. The number of aliphatic imine (C=N–C) groups is 1. The van der Waals surface area contributed by atoms with Crippen LogP contribution in [0.3, 0.4) is 0 Å². The van der Waals surface area contributed by atoms with Crippen LogP contribution >= 0.6 is 24.0 Å². The number of halogens is 1. The van der Waals surface area contributed by atoms with E-state index in [1.165, 1.54) is 11.6 Å². The summed E-state index contributed by atoms with van der Waals surface area (Å²) in [4.78, 5) is 14.7. The third kappa shape index (κ3) is 7.38. The first-order chi connectivity index (χ1) is 12.1. The molecule has 140 valence electrons. The van der Waals surface area contributed by atoms with Gasteiger partial charge in [0.25, 0.3) is 5.69 Å². The van der Waals surface area contributed by atoms with Gasteiger partial charge in [0.05, 0.1) is 4.92 Å². The van der Waals surface area contributed by atoms with Crippen LogP contribution in [0.15, 0.2) is 59.6 Å². The molecule has 0 aliphatic heterocycles. The van der Waals surface area contributed by atoms with Crippen LogP contribution in [0.2, 0.25) is 0 Å². The molecule has 0 bridgehead atoms. The maximum absolute atomic E-state index is 10.8. The van der Waals surface area contributed by atoms with Gasteiger partial charge in [-0.05, 0) is 30.9 Å². The fraction of sp³-hybridized carbons (Fsp3) is 0.316. The Morgan fingerprint density at radius 1 is 1.15 bits per heavy atom. The molecule has 2 aromatic carbocycles. The van der Waals surface area contributed by atoms with E-state index in [9.17, 15) is 10.1 Å². The van der Waals surface area contributed by atoms with E-state index >= 15 is 0 Å². The highest BCUT2D eigenvalue weighted by Crippen LogP contribution is 2.12. The van der Waals surface area contributed by atoms with Crippen molar-refractivity contribution in [1.29, 1.82) is 0 Å². The van der Waals surface area contributed by atoms with E-state index in [2.05, 4.69) is 34.7 Å². The van der Waals surface area contributed by atoms with Gasteiger partial charge in [-0.25, -0.2) is 0 Å². The van der Waals surface area contributed by atoms with Crippen molar-refractivity contribution in [3.05, 3.63) is 75.8 Å². The summed E-state index contributed by atoms with van der Waals surface area (Å²) in [6.45, 7) is 2.59. The smallest absolute Gasteiger partial charge is 0.269 e. The van der Waals surface area contributed by atoms with Crippen LogP contribution in [0.1, 0.15) is 24.5 Å². The maximum Gasteiger partial charge on any atom is 0.269 e. The fourth-order valence-electron chi connectivity index (χ4n) is 2.49. The molecule has 7 heteroatoms. The van der Waals surface area contributed by atoms with Crippen molar-refractivity contribution in [2.45, 2.75) is 32.4 Å². The lowest BCUT2D eigenvalue weighted by Gasteiger charge is -2.18. The Bertz CT molecular complexity index is 722. The molecule has 6 nitrogen and oxygen atoms in total. The number of rotatable bonds is 7. The Morgan fingerprint density at radius 3 is 2.50 bits per heavy atom. The summed E-state index contributed by atoms with van der Waals surface area (Å²) in [5, 5.41) is 17.4. The number of non-ortho nitro benzene ring substituents is 1. The van der Waals surface area contributed by atoms with Gasteiger partial charge in [-0.2, -0.15) is 0 Å². The minimum absolute atomic E-state index is 0. The summed E-state index contributed by atoms with van der Waals surface area (Å²) in [7, 11) is 1.71. The van der Waals surface area contributed by atoms with Gasteiger partial charge in [0.15, 0.2) is 5.96 Å². The Balaban J connectivity index is 0.00000338. The maximum atomic E-state index is 10.8. The van der Waals surface area contributed by atoms with Crippen molar-refractivity contribution in [2.24, 2.45) is 4.99 Å². The Labute approximate surface area is 171 Å². The van der Waals surface area contributed by atoms with Crippen molar-refractivity contribution in [1.82, 2.24) is 10.6 Å². The van der Waals surface area contributed by atoms with Gasteiger partial charge < -0.3 is 10.6 Å². The Hall–Kier alpha value is -2.16. The number of nitrogens with one attached hydrogen (secondary N) is 2. The second-order valence-corrected chi connectivity index (χ2v) is 5.92. The molecule has 2 aromatic rings. The van der Waals surface area contributed by atoms with Crippen molar-refractivity contribution < 1.29 is 4.92 Å². The molecule has 0 aliphatic carbocycles. The number of hydrogen-bond donors (Lipinski definition) is 2. The van der Waals surface area contributed by atoms with Gasteiger partial charge in [-0.1, -0.05) is 42.5 Å². The second kappa shape index (κ2) is 11.5. The van der Waals surface area contributed by atoms with Crippen molar-refractivity contribution in [2.75, 3.05) is 7.05 Å². The van der Waals surface area contributed by atoms with E-state index in [0.29, 0.717) is 12.5 Å². The Morgan fingerprint density at radius 2 is 1.85 bits per heavy atom. The predicted octanol–water partition coefficient (Wildman–Crippen LogP) is 3.90. The molecule has 0 spiro atoms. The minimum Gasteiger partial charge on any atom is -0.354 e. The molecule has 1 atom stereocenters. The highest BCUT2D eigenvalue weighted by molar-refractivity contribution is 14.0. The highest BCUT2D eigenvalue weighted by atomic mass is 127. The van der Waals surface area contributed by atoms with E-state index in [1.807, 2.05) is 24.3 Å². The van der Waals surface area contributed by atoms with Gasteiger partial charge in [0.2, 0.25) is 0 Å². The van der Waals surface area contributed by atoms with Crippen LogP contribution in [0.4, 0.5) is 5.69 Å². The molecule has 0 heterocycles. The van der Waals surface area contributed by atoms with Crippen LogP contribution in [-0.4, -0.2) is 24.0 Å². The average molecular weight is 468 g/mol. The summed E-state index contributed by atoms with van der Waals surface area (Å²) in [6.07, 6.45) is 1.98. The molecule has 2 N–H and O–H groups in total. The van der Waals surface area contributed by atoms with E-state index in [1.54, 1.807) is 19.2 Å². The van der Waals surface area contributed by atoms with Crippen LogP contribution in [0.25, 0.3) is 0 Å². The zero-order valence-electron chi connectivity index (χ0n) is 15.0. The van der Waals surface area contributed by atoms with Crippen LogP contribution < -0.4 is 10.6 Å². The minimum atomic E-state index is -0.387. The molecule has 0 fully saturated rings. The summed E-state index contributed by atoms with van der Waals surface area (Å²) in [5.41, 5.74) is 2.25. The predicted molar refractivity (Wildman–Crippen MR) is 116 cm³/mol. The number of guanidine groups is 1. The van der Waals surface area contributed by atoms with E-state index < -0.39 is 0 Å². The first-order valence-corrected chi connectivity index (χ1v) is 8.33. The third-order valence-corrected chi connectivity index (χ3v) is 3.90. The fourth-order valence-corrected chi connectivity index (χ4v) is 2.49. The molecular formula is C19H25IN4O2. The zero-order chi connectivity index (χ0) is 18.1. The molecule has 0 saturated carbocycles. The summed E-state index contributed by atoms with van der Waals surface area (Å²) >= 11 is 0. The van der Waals surface area contributed by atoms with Crippen LogP contribution in [0, 0.1) is 10.1 Å². The van der Waals surface area contributed by atoms with Gasteiger partial charge in [-0.15, -0.1) is 24.0 Å². The molecule has 1 unspecified atom stereocenters.